The SMILES string of the molecule is O=C1CCC2CN(C(=O)C3CNCCN3)CCC2N1. The number of rotatable bonds is 1. The molecule has 3 heterocycles. The quantitative estimate of drug-likeness (QED) is 0.550. The summed E-state index contributed by atoms with van der Waals surface area (Å²) in [7, 11) is 0. The van der Waals surface area contributed by atoms with Gasteiger partial charge in [0, 0.05) is 45.2 Å². The Morgan fingerprint density at radius 3 is 2.95 bits per heavy atom. The Morgan fingerprint density at radius 2 is 2.16 bits per heavy atom. The molecule has 19 heavy (non-hydrogen) atoms. The lowest BCUT2D eigenvalue weighted by molar-refractivity contribution is -0.137. The van der Waals surface area contributed by atoms with E-state index in [2.05, 4.69) is 16.0 Å². The molecule has 106 valence electrons. The van der Waals surface area contributed by atoms with Crippen molar-refractivity contribution in [3.63, 3.8) is 0 Å². The summed E-state index contributed by atoms with van der Waals surface area (Å²) in [6.07, 6.45) is 2.41. The van der Waals surface area contributed by atoms with Crippen LogP contribution in [0.15, 0.2) is 0 Å². The van der Waals surface area contributed by atoms with Crippen molar-refractivity contribution in [1.82, 2.24) is 20.9 Å². The average molecular weight is 266 g/mol. The number of amides is 2. The fourth-order valence-corrected chi connectivity index (χ4v) is 3.36. The number of hydrogen-bond acceptors (Lipinski definition) is 4. The van der Waals surface area contributed by atoms with E-state index in [-0.39, 0.29) is 23.9 Å². The molecule has 0 aromatic heterocycles. The Labute approximate surface area is 113 Å². The summed E-state index contributed by atoms with van der Waals surface area (Å²) in [6, 6.07) is 0.200. The normalized spacial score (nSPS) is 35.5. The van der Waals surface area contributed by atoms with Crippen molar-refractivity contribution < 1.29 is 9.59 Å². The van der Waals surface area contributed by atoms with Gasteiger partial charge in [0.05, 0.1) is 6.04 Å². The Bertz CT molecular complexity index is 368. The molecule has 3 N–H and O–H groups in total. The molecule has 3 aliphatic heterocycles. The molecule has 6 nitrogen and oxygen atoms in total. The molecule has 3 aliphatic rings. The van der Waals surface area contributed by atoms with Gasteiger partial charge in [-0.05, 0) is 18.8 Å². The van der Waals surface area contributed by atoms with E-state index in [1.807, 2.05) is 4.90 Å². The third kappa shape index (κ3) is 2.74. The van der Waals surface area contributed by atoms with Crippen LogP contribution in [0.1, 0.15) is 19.3 Å². The van der Waals surface area contributed by atoms with E-state index in [1.165, 1.54) is 0 Å². The summed E-state index contributed by atoms with van der Waals surface area (Å²) in [5.41, 5.74) is 0. The summed E-state index contributed by atoms with van der Waals surface area (Å²) in [6.45, 7) is 4.06. The predicted octanol–water partition coefficient (Wildman–Crippen LogP) is -1.33. The first-order valence-electron chi connectivity index (χ1n) is 7.26. The monoisotopic (exact) mass is 266 g/mol. The van der Waals surface area contributed by atoms with Crippen molar-refractivity contribution >= 4 is 11.8 Å². The molecule has 0 bridgehead atoms. The summed E-state index contributed by atoms with van der Waals surface area (Å²) < 4.78 is 0. The Balaban J connectivity index is 1.58. The molecule has 0 aliphatic carbocycles. The number of piperazine rings is 1. The summed E-state index contributed by atoms with van der Waals surface area (Å²) in [5.74, 6) is 0.814. The number of likely N-dealkylation sites (tertiary alicyclic amines) is 1. The third-order valence-corrected chi connectivity index (χ3v) is 4.47. The maximum absolute atomic E-state index is 12.4. The van der Waals surface area contributed by atoms with E-state index >= 15 is 0 Å². The molecule has 0 aromatic rings. The first-order chi connectivity index (χ1) is 9.24. The van der Waals surface area contributed by atoms with Crippen molar-refractivity contribution in [2.75, 3.05) is 32.7 Å². The first kappa shape index (κ1) is 12.9. The van der Waals surface area contributed by atoms with Crippen LogP contribution in [0.3, 0.4) is 0 Å². The summed E-state index contributed by atoms with van der Waals surface area (Å²) >= 11 is 0. The molecule has 3 fully saturated rings. The molecule has 3 rings (SSSR count). The largest absolute Gasteiger partial charge is 0.353 e. The highest BCUT2D eigenvalue weighted by atomic mass is 16.2. The first-order valence-corrected chi connectivity index (χ1v) is 7.26. The van der Waals surface area contributed by atoms with Crippen LogP contribution in [0.4, 0.5) is 0 Å². The lowest BCUT2D eigenvalue weighted by Crippen LogP contribution is -2.61. The number of nitrogens with one attached hydrogen (secondary N) is 3. The zero-order chi connectivity index (χ0) is 13.2. The van der Waals surface area contributed by atoms with Crippen LogP contribution in [-0.4, -0.2) is 61.5 Å². The van der Waals surface area contributed by atoms with Gasteiger partial charge in [-0.25, -0.2) is 0 Å². The van der Waals surface area contributed by atoms with Gasteiger partial charge in [0.1, 0.15) is 0 Å². The molecule has 0 saturated carbocycles. The molecule has 2 amide bonds. The summed E-state index contributed by atoms with van der Waals surface area (Å²) in [4.78, 5) is 25.8. The Morgan fingerprint density at radius 1 is 1.26 bits per heavy atom. The Kier molecular flexibility index (Phi) is 3.70. The van der Waals surface area contributed by atoms with Crippen LogP contribution < -0.4 is 16.0 Å². The van der Waals surface area contributed by atoms with Crippen molar-refractivity contribution in [2.24, 2.45) is 5.92 Å². The van der Waals surface area contributed by atoms with Crippen LogP contribution >= 0.6 is 0 Å². The van der Waals surface area contributed by atoms with E-state index in [9.17, 15) is 9.59 Å². The van der Waals surface area contributed by atoms with E-state index < -0.39 is 0 Å². The topological polar surface area (TPSA) is 73.5 Å². The standard InChI is InChI=1S/C13H22N4O2/c18-12-2-1-9-8-17(6-3-10(9)16-12)13(19)11-7-14-4-5-15-11/h9-11,14-15H,1-8H2,(H,16,18). The minimum Gasteiger partial charge on any atom is -0.353 e. The van der Waals surface area contributed by atoms with Crippen molar-refractivity contribution in [1.29, 1.82) is 0 Å². The molecule has 3 saturated heterocycles. The van der Waals surface area contributed by atoms with Gasteiger partial charge in [0.25, 0.3) is 0 Å². The molecule has 3 atom stereocenters. The maximum atomic E-state index is 12.4. The second-order valence-corrected chi connectivity index (χ2v) is 5.76. The number of fused-ring (bicyclic) bond motifs is 1. The van der Waals surface area contributed by atoms with Gasteiger partial charge >= 0.3 is 0 Å². The summed E-state index contributed by atoms with van der Waals surface area (Å²) in [5, 5.41) is 9.57. The van der Waals surface area contributed by atoms with Gasteiger partial charge in [-0.1, -0.05) is 0 Å². The van der Waals surface area contributed by atoms with Gasteiger partial charge < -0.3 is 20.9 Å². The highest BCUT2D eigenvalue weighted by Crippen LogP contribution is 2.25. The molecule has 0 aromatic carbocycles. The number of carbonyl (C=O) groups excluding carboxylic acids is 2. The smallest absolute Gasteiger partial charge is 0.241 e. The van der Waals surface area contributed by atoms with Crippen molar-refractivity contribution in [2.45, 2.75) is 31.3 Å². The number of piperidine rings is 2. The molecular weight excluding hydrogens is 244 g/mol. The second kappa shape index (κ2) is 5.46. The highest BCUT2D eigenvalue weighted by Gasteiger charge is 2.37. The van der Waals surface area contributed by atoms with Gasteiger partial charge in [-0.15, -0.1) is 0 Å². The number of hydrogen-bond donors (Lipinski definition) is 3. The van der Waals surface area contributed by atoms with Crippen LogP contribution in [0.2, 0.25) is 0 Å². The lowest BCUT2D eigenvalue weighted by atomic mass is 9.85. The molecular formula is C13H22N4O2. The van der Waals surface area contributed by atoms with Crippen LogP contribution in [0.5, 0.6) is 0 Å². The molecule has 6 heteroatoms. The van der Waals surface area contributed by atoms with Gasteiger partial charge in [0.2, 0.25) is 11.8 Å². The fraction of sp³-hybridized carbons (Fsp3) is 0.846. The molecule has 3 unspecified atom stereocenters. The maximum Gasteiger partial charge on any atom is 0.241 e. The van der Waals surface area contributed by atoms with Gasteiger partial charge in [-0.2, -0.15) is 0 Å². The number of carbonyl (C=O) groups is 2. The molecule has 0 radical (unpaired) electrons. The zero-order valence-corrected chi connectivity index (χ0v) is 11.2. The van der Waals surface area contributed by atoms with Crippen LogP contribution in [0.25, 0.3) is 0 Å². The van der Waals surface area contributed by atoms with Crippen LogP contribution in [0, 0.1) is 5.92 Å². The van der Waals surface area contributed by atoms with E-state index in [1.54, 1.807) is 0 Å². The average Bonchev–Trinajstić information content (AvgIpc) is 2.47. The van der Waals surface area contributed by atoms with Crippen LogP contribution in [-0.2, 0) is 9.59 Å². The van der Waals surface area contributed by atoms with Gasteiger partial charge in [0.15, 0.2) is 0 Å². The Hall–Kier alpha value is -1.14. The fourth-order valence-electron chi connectivity index (χ4n) is 3.36. The van der Waals surface area contributed by atoms with Crippen molar-refractivity contribution in [3.8, 4) is 0 Å². The lowest BCUT2D eigenvalue weighted by Gasteiger charge is -2.42. The van der Waals surface area contributed by atoms with E-state index in [0.717, 1.165) is 45.6 Å². The molecule has 0 spiro atoms. The third-order valence-electron chi connectivity index (χ3n) is 4.47. The van der Waals surface area contributed by atoms with Gasteiger partial charge in [-0.3, -0.25) is 9.59 Å². The second-order valence-electron chi connectivity index (χ2n) is 5.76. The highest BCUT2D eigenvalue weighted by molar-refractivity contribution is 5.82. The van der Waals surface area contributed by atoms with E-state index in [4.69, 9.17) is 0 Å². The predicted molar refractivity (Wildman–Crippen MR) is 70.5 cm³/mol. The minimum atomic E-state index is -0.0801. The minimum absolute atomic E-state index is 0.0801. The zero-order valence-electron chi connectivity index (χ0n) is 11.2. The van der Waals surface area contributed by atoms with Crippen molar-refractivity contribution in [3.05, 3.63) is 0 Å². The van der Waals surface area contributed by atoms with E-state index in [0.29, 0.717) is 12.3 Å². The number of nitrogens with zero attached hydrogens (tertiary/aromatic N) is 1.